The van der Waals surface area contributed by atoms with Crippen LogP contribution in [0.1, 0.15) is 84.5 Å². The van der Waals surface area contributed by atoms with E-state index in [4.69, 9.17) is 0 Å². The molecule has 2 aliphatic heterocycles. The molecule has 3 rings (SSSR count). The highest BCUT2D eigenvalue weighted by atomic mass is 16.2. The molecule has 7 nitrogen and oxygen atoms in total. The predicted octanol–water partition coefficient (Wildman–Crippen LogP) is 2.85. The molecular formula is C23H31N3O4. The molecule has 7 heteroatoms. The lowest BCUT2D eigenvalue weighted by molar-refractivity contribution is -0.136. The van der Waals surface area contributed by atoms with Crippen molar-refractivity contribution >= 4 is 23.6 Å². The number of piperidine rings is 1. The third-order valence-corrected chi connectivity index (χ3v) is 6.17. The highest BCUT2D eigenvalue weighted by Gasteiger charge is 2.37. The molecule has 1 fully saturated rings. The van der Waals surface area contributed by atoms with Crippen LogP contribution in [0.5, 0.6) is 0 Å². The number of nitrogens with one attached hydrogen (secondary N) is 1. The summed E-state index contributed by atoms with van der Waals surface area (Å²) >= 11 is 0. The number of hydrogen-bond acceptors (Lipinski definition) is 4. The molecular weight excluding hydrogens is 382 g/mol. The van der Waals surface area contributed by atoms with Crippen molar-refractivity contribution in [3.8, 4) is 0 Å². The average molecular weight is 414 g/mol. The SMILES string of the molecule is CCC(CC)C(=O)N1CCC(NC(=O)c2ccc3c(c2)C(=O)N(C(C)C)C3=O)CC1. The summed E-state index contributed by atoms with van der Waals surface area (Å²) in [5, 5.41) is 3.02. The second-order valence-corrected chi connectivity index (χ2v) is 8.42. The molecule has 0 saturated carbocycles. The zero-order valence-corrected chi connectivity index (χ0v) is 18.2. The van der Waals surface area contributed by atoms with Crippen molar-refractivity contribution in [3.05, 3.63) is 34.9 Å². The van der Waals surface area contributed by atoms with Crippen molar-refractivity contribution in [3.63, 3.8) is 0 Å². The Morgan fingerprint density at radius 2 is 1.63 bits per heavy atom. The minimum absolute atomic E-state index is 0.0130. The van der Waals surface area contributed by atoms with E-state index in [0.29, 0.717) is 37.1 Å². The van der Waals surface area contributed by atoms with Crippen molar-refractivity contribution in [1.82, 2.24) is 15.1 Å². The average Bonchev–Trinajstić information content (AvgIpc) is 2.99. The van der Waals surface area contributed by atoms with Crippen molar-refractivity contribution in [2.45, 2.75) is 65.5 Å². The van der Waals surface area contributed by atoms with Crippen LogP contribution < -0.4 is 5.32 Å². The number of fused-ring (bicyclic) bond motifs is 1. The molecule has 0 unspecified atom stereocenters. The van der Waals surface area contributed by atoms with Crippen molar-refractivity contribution < 1.29 is 19.2 Å². The summed E-state index contributed by atoms with van der Waals surface area (Å²) in [4.78, 5) is 53.3. The van der Waals surface area contributed by atoms with Crippen LogP contribution in [-0.2, 0) is 4.79 Å². The van der Waals surface area contributed by atoms with Gasteiger partial charge in [0.05, 0.1) is 11.1 Å². The number of hydrogen-bond donors (Lipinski definition) is 1. The minimum atomic E-state index is -0.354. The molecule has 0 spiro atoms. The first-order valence-corrected chi connectivity index (χ1v) is 10.9. The van der Waals surface area contributed by atoms with E-state index in [2.05, 4.69) is 5.32 Å². The highest BCUT2D eigenvalue weighted by molar-refractivity contribution is 6.22. The van der Waals surface area contributed by atoms with E-state index in [0.717, 1.165) is 12.8 Å². The second kappa shape index (κ2) is 8.98. The molecule has 0 radical (unpaired) electrons. The monoisotopic (exact) mass is 413 g/mol. The summed E-state index contributed by atoms with van der Waals surface area (Å²) in [6.45, 7) is 8.93. The number of nitrogens with zero attached hydrogens (tertiary/aromatic N) is 2. The summed E-state index contributed by atoms with van der Waals surface area (Å²) < 4.78 is 0. The van der Waals surface area contributed by atoms with Crippen LogP contribution in [0.3, 0.4) is 0 Å². The van der Waals surface area contributed by atoms with Crippen LogP contribution in [0.4, 0.5) is 0 Å². The van der Waals surface area contributed by atoms with Crippen LogP contribution in [-0.4, -0.2) is 58.6 Å². The second-order valence-electron chi connectivity index (χ2n) is 8.42. The molecule has 4 amide bonds. The Bertz CT molecular complexity index is 852. The maximum atomic E-state index is 12.7. The van der Waals surface area contributed by atoms with Gasteiger partial charge in [0.2, 0.25) is 5.91 Å². The van der Waals surface area contributed by atoms with Gasteiger partial charge in [0.1, 0.15) is 0 Å². The first kappa shape index (κ1) is 22.0. The number of carbonyl (C=O) groups excluding carboxylic acids is 4. The molecule has 0 atom stereocenters. The lowest BCUT2D eigenvalue weighted by Gasteiger charge is -2.34. The molecule has 1 saturated heterocycles. The number of likely N-dealkylation sites (tertiary alicyclic amines) is 1. The zero-order chi connectivity index (χ0) is 22.0. The normalized spacial score (nSPS) is 17.1. The van der Waals surface area contributed by atoms with Gasteiger partial charge in [0.25, 0.3) is 17.7 Å². The van der Waals surface area contributed by atoms with Crippen LogP contribution >= 0.6 is 0 Å². The first-order valence-electron chi connectivity index (χ1n) is 10.9. The van der Waals surface area contributed by atoms with Gasteiger partial charge in [0.15, 0.2) is 0 Å². The van der Waals surface area contributed by atoms with Gasteiger partial charge in [-0.3, -0.25) is 24.1 Å². The number of benzene rings is 1. The summed E-state index contributed by atoms with van der Waals surface area (Å²) in [5.74, 6) is -0.639. The van der Waals surface area contributed by atoms with Crippen molar-refractivity contribution in [2.75, 3.05) is 13.1 Å². The quantitative estimate of drug-likeness (QED) is 0.727. The smallest absolute Gasteiger partial charge is 0.261 e. The summed E-state index contributed by atoms with van der Waals surface area (Å²) in [6.07, 6.45) is 3.11. The fraction of sp³-hybridized carbons (Fsp3) is 0.565. The third kappa shape index (κ3) is 4.11. The number of amides is 4. The lowest BCUT2D eigenvalue weighted by atomic mass is 9.98. The molecule has 2 heterocycles. The standard InChI is InChI=1S/C23H31N3O4/c1-5-15(6-2)21(28)25-11-9-17(10-12-25)24-20(27)16-7-8-18-19(13-16)23(30)26(14(3)4)22(18)29/h7-8,13-15,17H,5-6,9-12H2,1-4H3,(H,24,27). The minimum Gasteiger partial charge on any atom is -0.349 e. The summed E-state index contributed by atoms with van der Waals surface area (Å²) in [7, 11) is 0. The topological polar surface area (TPSA) is 86.8 Å². The Hall–Kier alpha value is -2.70. The van der Waals surface area contributed by atoms with Crippen molar-refractivity contribution in [2.24, 2.45) is 5.92 Å². The van der Waals surface area contributed by atoms with E-state index in [1.54, 1.807) is 26.0 Å². The van der Waals surface area contributed by atoms with Gasteiger partial charge in [-0.05, 0) is 57.7 Å². The van der Waals surface area contributed by atoms with Gasteiger partial charge in [-0.2, -0.15) is 0 Å². The number of rotatable bonds is 6. The van der Waals surface area contributed by atoms with E-state index in [1.165, 1.54) is 11.0 Å². The highest BCUT2D eigenvalue weighted by Crippen LogP contribution is 2.26. The van der Waals surface area contributed by atoms with E-state index in [9.17, 15) is 19.2 Å². The fourth-order valence-electron chi connectivity index (χ4n) is 4.28. The molecule has 162 valence electrons. The number of imide groups is 1. The van der Waals surface area contributed by atoms with Crippen LogP contribution in [0, 0.1) is 5.92 Å². The first-order chi connectivity index (χ1) is 14.3. The van der Waals surface area contributed by atoms with E-state index >= 15 is 0 Å². The predicted molar refractivity (Wildman–Crippen MR) is 113 cm³/mol. The Morgan fingerprint density at radius 3 is 2.20 bits per heavy atom. The van der Waals surface area contributed by atoms with Crippen LogP contribution in [0.15, 0.2) is 18.2 Å². The Labute approximate surface area is 177 Å². The van der Waals surface area contributed by atoms with Gasteiger partial charge in [-0.25, -0.2) is 0 Å². The Kier molecular flexibility index (Phi) is 6.58. The van der Waals surface area contributed by atoms with Crippen LogP contribution in [0.2, 0.25) is 0 Å². The lowest BCUT2D eigenvalue weighted by Crippen LogP contribution is -2.48. The van der Waals surface area contributed by atoms with Gasteiger partial charge >= 0.3 is 0 Å². The Balaban J connectivity index is 1.62. The van der Waals surface area contributed by atoms with Gasteiger partial charge in [-0.15, -0.1) is 0 Å². The third-order valence-electron chi connectivity index (χ3n) is 6.17. The van der Waals surface area contributed by atoms with Gasteiger partial charge < -0.3 is 10.2 Å². The molecule has 30 heavy (non-hydrogen) atoms. The van der Waals surface area contributed by atoms with E-state index < -0.39 is 0 Å². The summed E-state index contributed by atoms with van der Waals surface area (Å²) in [5.41, 5.74) is 1.00. The molecule has 1 aromatic carbocycles. The van der Waals surface area contributed by atoms with Crippen molar-refractivity contribution in [1.29, 1.82) is 0 Å². The van der Waals surface area contributed by atoms with E-state index in [-0.39, 0.29) is 47.2 Å². The number of carbonyl (C=O) groups is 4. The summed E-state index contributed by atoms with van der Waals surface area (Å²) in [6, 6.07) is 4.42. The van der Waals surface area contributed by atoms with Crippen LogP contribution in [0.25, 0.3) is 0 Å². The molecule has 1 aromatic rings. The largest absolute Gasteiger partial charge is 0.349 e. The maximum Gasteiger partial charge on any atom is 0.261 e. The van der Waals surface area contributed by atoms with E-state index in [1.807, 2.05) is 18.7 Å². The van der Waals surface area contributed by atoms with Gasteiger partial charge in [-0.1, -0.05) is 13.8 Å². The molecule has 0 aromatic heterocycles. The molecule has 0 aliphatic carbocycles. The zero-order valence-electron chi connectivity index (χ0n) is 18.2. The molecule has 2 aliphatic rings. The maximum absolute atomic E-state index is 12.7. The fourth-order valence-corrected chi connectivity index (χ4v) is 4.28. The molecule has 0 bridgehead atoms. The Morgan fingerprint density at radius 1 is 1.03 bits per heavy atom. The molecule has 1 N–H and O–H groups in total. The van der Waals surface area contributed by atoms with Gasteiger partial charge in [0, 0.05) is 36.7 Å².